The summed E-state index contributed by atoms with van der Waals surface area (Å²) >= 11 is 5.86. The molecule has 2 heterocycles. The molecule has 0 aliphatic carbocycles. The summed E-state index contributed by atoms with van der Waals surface area (Å²) in [6.07, 6.45) is 0. The van der Waals surface area contributed by atoms with E-state index in [-0.39, 0.29) is 17.7 Å². The molecular weight excluding hydrogens is 338 g/mol. The molecule has 1 aromatic heterocycles. The largest absolute Gasteiger partial charge is 0.350 e. The lowest BCUT2D eigenvalue weighted by atomic mass is 9.93. The van der Waals surface area contributed by atoms with E-state index in [1.807, 2.05) is 12.1 Å². The Balaban J connectivity index is 1.71. The van der Waals surface area contributed by atoms with Crippen LogP contribution in [0, 0.1) is 0 Å². The van der Waals surface area contributed by atoms with Gasteiger partial charge in [-0.15, -0.1) is 0 Å². The van der Waals surface area contributed by atoms with Crippen LogP contribution in [0.3, 0.4) is 0 Å². The Morgan fingerprint density at radius 2 is 1.96 bits per heavy atom. The van der Waals surface area contributed by atoms with Gasteiger partial charge in [-0.05, 0) is 48.0 Å². The van der Waals surface area contributed by atoms with Crippen molar-refractivity contribution in [1.29, 1.82) is 0 Å². The number of hydrogen-bond acceptors (Lipinski definition) is 2. The summed E-state index contributed by atoms with van der Waals surface area (Å²) in [5.74, 6) is -0.112. The van der Waals surface area contributed by atoms with Crippen molar-refractivity contribution < 1.29 is 9.59 Å². The smallest absolute Gasteiger partial charge is 0.268 e. The van der Waals surface area contributed by atoms with Crippen LogP contribution in [-0.2, 0) is 0 Å². The fourth-order valence-electron chi connectivity index (χ4n) is 3.22. The minimum atomic E-state index is -0.202. The van der Waals surface area contributed by atoms with E-state index in [1.165, 1.54) is 0 Å². The maximum Gasteiger partial charge on any atom is 0.268 e. The van der Waals surface area contributed by atoms with Crippen LogP contribution in [-0.4, -0.2) is 23.3 Å². The van der Waals surface area contributed by atoms with Gasteiger partial charge >= 0.3 is 0 Å². The van der Waals surface area contributed by atoms with Crippen LogP contribution < -0.4 is 10.6 Å². The molecule has 0 spiro atoms. The first-order valence-electron chi connectivity index (χ1n) is 8.03. The average molecular weight is 354 g/mol. The molecule has 4 rings (SSSR count). The SMILES string of the molecule is CC1CNC(=O)c2[nH]c3ccc(C(=O)Nc4ccc(Cl)cc4)cc3c21. The molecule has 3 N–H and O–H groups in total. The minimum Gasteiger partial charge on any atom is -0.350 e. The summed E-state index contributed by atoms with van der Waals surface area (Å²) in [5.41, 5.74) is 3.64. The highest BCUT2D eigenvalue weighted by atomic mass is 35.5. The van der Waals surface area contributed by atoms with Crippen LogP contribution in [0.5, 0.6) is 0 Å². The highest BCUT2D eigenvalue weighted by Gasteiger charge is 2.27. The van der Waals surface area contributed by atoms with E-state index < -0.39 is 0 Å². The quantitative estimate of drug-likeness (QED) is 0.653. The summed E-state index contributed by atoms with van der Waals surface area (Å²) in [5, 5.41) is 7.25. The van der Waals surface area contributed by atoms with Gasteiger partial charge < -0.3 is 15.6 Å². The van der Waals surface area contributed by atoms with Crippen LogP contribution in [0.15, 0.2) is 42.5 Å². The van der Waals surface area contributed by atoms with Crippen LogP contribution in [0.25, 0.3) is 10.9 Å². The first kappa shape index (κ1) is 15.7. The van der Waals surface area contributed by atoms with Gasteiger partial charge in [0.15, 0.2) is 0 Å². The number of benzene rings is 2. The van der Waals surface area contributed by atoms with Crippen molar-refractivity contribution in [3.05, 3.63) is 64.3 Å². The van der Waals surface area contributed by atoms with Gasteiger partial charge in [0.1, 0.15) is 5.69 Å². The lowest BCUT2D eigenvalue weighted by molar-refractivity contribution is 0.0936. The van der Waals surface area contributed by atoms with E-state index >= 15 is 0 Å². The van der Waals surface area contributed by atoms with Crippen molar-refractivity contribution in [1.82, 2.24) is 10.3 Å². The molecular formula is C19H16ClN3O2. The molecule has 1 aliphatic rings. The van der Waals surface area contributed by atoms with E-state index in [2.05, 4.69) is 22.5 Å². The zero-order valence-electron chi connectivity index (χ0n) is 13.5. The van der Waals surface area contributed by atoms with E-state index in [9.17, 15) is 9.59 Å². The topological polar surface area (TPSA) is 74.0 Å². The van der Waals surface area contributed by atoms with Gasteiger partial charge in [-0.25, -0.2) is 0 Å². The molecule has 0 bridgehead atoms. The molecule has 2 aromatic carbocycles. The number of rotatable bonds is 2. The first-order valence-corrected chi connectivity index (χ1v) is 8.41. The highest BCUT2D eigenvalue weighted by Crippen LogP contribution is 2.32. The van der Waals surface area contributed by atoms with Crippen LogP contribution in [0.2, 0.25) is 5.02 Å². The molecule has 2 amide bonds. The zero-order valence-corrected chi connectivity index (χ0v) is 14.3. The zero-order chi connectivity index (χ0) is 17.6. The van der Waals surface area contributed by atoms with Gasteiger partial charge in [-0.3, -0.25) is 9.59 Å². The van der Waals surface area contributed by atoms with Crippen LogP contribution in [0.1, 0.15) is 39.3 Å². The second-order valence-corrected chi connectivity index (χ2v) is 6.68. The van der Waals surface area contributed by atoms with Crippen molar-refractivity contribution in [2.75, 3.05) is 11.9 Å². The summed E-state index contributed by atoms with van der Waals surface area (Å²) in [6.45, 7) is 2.66. The molecule has 126 valence electrons. The normalized spacial score (nSPS) is 16.4. The van der Waals surface area contributed by atoms with E-state index in [1.54, 1.807) is 30.3 Å². The number of fused-ring (bicyclic) bond motifs is 3. The Kier molecular flexibility index (Phi) is 3.73. The fourth-order valence-corrected chi connectivity index (χ4v) is 3.34. The Bertz CT molecular complexity index is 992. The predicted molar refractivity (Wildman–Crippen MR) is 98.5 cm³/mol. The van der Waals surface area contributed by atoms with Gasteiger partial charge in [-0.1, -0.05) is 18.5 Å². The summed E-state index contributed by atoms with van der Waals surface area (Å²) in [7, 11) is 0. The monoisotopic (exact) mass is 353 g/mol. The van der Waals surface area contributed by atoms with Gasteiger partial charge in [0, 0.05) is 39.6 Å². The summed E-state index contributed by atoms with van der Waals surface area (Å²) in [4.78, 5) is 27.8. The lowest BCUT2D eigenvalue weighted by Gasteiger charge is -2.19. The van der Waals surface area contributed by atoms with Gasteiger partial charge in [0.25, 0.3) is 11.8 Å². The van der Waals surface area contributed by atoms with Gasteiger partial charge in [0.2, 0.25) is 0 Å². The summed E-state index contributed by atoms with van der Waals surface area (Å²) < 4.78 is 0. The predicted octanol–water partition coefficient (Wildman–Crippen LogP) is 3.92. The molecule has 3 aromatic rings. The van der Waals surface area contributed by atoms with Crippen LogP contribution >= 0.6 is 11.6 Å². The lowest BCUT2D eigenvalue weighted by Crippen LogP contribution is -2.33. The number of carbonyl (C=O) groups excluding carboxylic acids is 2. The number of H-pyrrole nitrogens is 1. The molecule has 1 unspecified atom stereocenters. The number of hydrogen-bond donors (Lipinski definition) is 3. The van der Waals surface area contributed by atoms with Crippen molar-refractivity contribution in [3.8, 4) is 0 Å². The molecule has 5 nitrogen and oxygen atoms in total. The molecule has 25 heavy (non-hydrogen) atoms. The third kappa shape index (κ3) is 2.76. The molecule has 1 aliphatic heterocycles. The number of carbonyl (C=O) groups is 2. The number of halogens is 1. The minimum absolute atomic E-state index is 0.100. The van der Waals surface area contributed by atoms with Crippen molar-refractivity contribution >= 4 is 40.0 Å². The molecule has 6 heteroatoms. The Morgan fingerprint density at radius 1 is 1.20 bits per heavy atom. The van der Waals surface area contributed by atoms with Crippen molar-refractivity contribution in [2.24, 2.45) is 0 Å². The molecule has 0 radical (unpaired) electrons. The van der Waals surface area contributed by atoms with Gasteiger partial charge in [-0.2, -0.15) is 0 Å². The number of nitrogens with one attached hydrogen (secondary N) is 3. The third-order valence-electron chi connectivity index (χ3n) is 4.49. The summed E-state index contributed by atoms with van der Waals surface area (Å²) in [6, 6.07) is 12.4. The van der Waals surface area contributed by atoms with Gasteiger partial charge in [0.05, 0.1) is 0 Å². The van der Waals surface area contributed by atoms with Crippen molar-refractivity contribution in [3.63, 3.8) is 0 Å². The molecule has 0 saturated heterocycles. The Labute approximate surface area is 149 Å². The van der Waals surface area contributed by atoms with E-state index in [0.717, 1.165) is 16.5 Å². The standard InChI is InChI=1S/C19H16ClN3O2/c1-10-9-21-19(25)17-16(10)14-8-11(2-7-15(14)23-17)18(24)22-13-5-3-12(20)4-6-13/h2-8,10,23H,9H2,1H3,(H,21,25)(H,22,24). The average Bonchev–Trinajstić information content (AvgIpc) is 3.00. The number of anilines is 1. The number of aromatic nitrogens is 1. The fraction of sp³-hybridized carbons (Fsp3) is 0.158. The Morgan fingerprint density at radius 3 is 2.72 bits per heavy atom. The Hall–Kier alpha value is -2.79. The third-order valence-corrected chi connectivity index (χ3v) is 4.74. The number of aromatic amines is 1. The second kappa shape index (κ2) is 5.93. The number of amides is 2. The first-order chi connectivity index (χ1) is 12.0. The van der Waals surface area contributed by atoms with E-state index in [4.69, 9.17) is 11.6 Å². The molecule has 0 fully saturated rings. The molecule has 0 saturated carbocycles. The maximum atomic E-state index is 12.5. The van der Waals surface area contributed by atoms with Crippen molar-refractivity contribution in [2.45, 2.75) is 12.8 Å². The maximum absolute atomic E-state index is 12.5. The second-order valence-electron chi connectivity index (χ2n) is 6.25. The van der Waals surface area contributed by atoms with E-state index in [0.29, 0.717) is 28.5 Å². The van der Waals surface area contributed by atoms with Crippen LogP contribution in [0.4, 0.5) is 5.69 Å². The highest BCUT2D eigenvalue weighted by molar-refractivity contribution is 6.30. The molecule has 1 atom stereocenters.